The fourth-order valence-electron chi connectivity index (χ4n) is 0.738. The summed E-state index contributed by atoms with van der Waals surface area (Å²) in [6.45, 7) is 0.0933. The molecule has 15 heavy (non-hydrogen) atoms. The summed E-state index contributed by atoms with van der Waals surface area (Å²) in [5, 5.41) is 16.5. The zero-order valence-corrected chi connectivity index (χ0v) is 8.01. The Morgan fingerprint density at radius 1 is 1.07 bits per heavy atom. The van der Waals surface area contributed by atoms with Gasteiger partial charge in [-0.1, -0.05) is 0 Å². The maximum absolute atomic E-state index is 10.8. The van der Waals surface area contributed by atoms with Crippen molar-refractivity contribution >= 4 is 17.9 Å². The highest BCUT2D eigenvalue weighted by molar-refractivity contribution is 5.90. The monoisotopic (exact) mass is 216 g/mol. The van der Waals surface area contributed by atoms with Gasteiger partial charge < -0.3 is 14.9 Å². The van der Waals surface area contributed by atoms with Gasteiger partial charge in [0.25, 0.3) is 0 Å². The van der Waals surface area contributed by atoms with Crippen molar-refractivity contribution in [1.29, 1.82) is 0 Å². The van der Waals surface area contributed by atoms with Crippen molar-refractivity contribution in [2.75, 3.05) is 6.61 Å². The van der Waals surface area contributed by atoms with Crippen LogP contribution >= 0.6 is 0 Å². The van der Waals surface area contributed by atoms with Gasteiger partial charge in [0.05, 0.1) is 6.61 Å². The maximum atomic E-state index is 10.8. The highest BCUT2D eigenvalue weighted by atomic mass is 16.5. The van der Waals surface area contributed by atoms with Crippen LogP contribution in [0.4, 0.5) is 0 Å². The lowest BCUT2D eigenvalue weighted by Gasteiger charge is -1.99. The summed E-state index contributed by atoms with van der Waals surface area (Å²) in [6.07, 6.45) is 2.38. The summed E-state index contributed by atoms with van der Waals surface area (Å²) in [4.78, 5) is 30.8. The van der Waals surface area contributed by atoms with Crippen LogP contribution in [-0.4, -0.2) is 34.7 Å². The first-order valence-electron chi connectivity index (χ1n) is 4.32. The molecule has 0 aliphatic carbocycles. The molecule has 0 aromatic rings. The first-order valence-corrected chi connectivity index (χ1v) is 4.32. The van der Waals surface area contributed by atoms with Crippen LogP contribution in [0.3, 0.4) is 0 Å². The van der Waals surface area contributed by atoms with E-state index in [4.69, 9.17) is 10.2 Å². The summed E-state index contributed by atoms with van der Waals surface area (Å²) >= 11 is 0. The van der Waals surface area contributed by atoms with Crippen LogP contribution in [0.5, 0.6) is 0 Å². The minimum absolute atomic E-state index is 0.0303. The molecule has 0 bridgehead atoms. The van der Waals surface area contributed by atoms with Crippen LogP contribution in [-0.2, 0) is 19.1 Å². The van der Waals surface area contributed by atoms with Crippen molar-refractivity contribution in [3.63, 3.8) is 0 Å². The molecule has 0 aliphatic rings. The van der Waals surface area contributed by atoms with E-state index < -0.39 is 17.9 Å². The quantitative estimate of drug-likeness (QED) is 0.363. The molecule has 0 amide bonds. The molecule has 0 fully saturated rings. The van der Waals surface area contributed by atoms with Crippen molar-refractivity contribution in [2.24, 2.45) is 0 Å². The summed E-state index contributed by atoms with van der Waals surface area (Å²) in [5.41, 5.74) is 0. The van der Waals surface area contributed by atoms with E-state index in [9.17, 15) is 14.4 Å². The Morgan fingerprint density at radius 3 is 2.27 bits per heavy atom. The van der Waals surface area contributed by atoms with Crippen LogP contribution < -0.4 is 0 Å². The molecule has 6 nitrogen and oxygen atoms in total. The highest BCUT2D eigenvalue weighted by Crippen LogP contribution is 1.96. The number of esters is 1. The molecule has 0 radical (unpaired) electrons. The highest BCUT2D eigenvalue weighted by Gasteiger charge is 1.99. The van der Waals surface area contributed by atoms with Crippen LogP contribution in [0.2, 0.25) is 0 Å². The normalized spacial score (nSPS) is 10.1. The second-order valence-electron chi connectivity index (χ2n) is 2.69. The van der Waals surface area contributed by atoms with Gasteiger partial charge in [0.2, 0.25) is 0 Å². The number of rotatable bonds is 7. The number of hydrogen-bond donors (Lipinski definition) is 2. The lowest BCUT2D eigenvalue weighted by molar-refractivity contribution is -0.139. The van der Waals surface area contributed by atoms with Gasteiger partial charge in [0.15, 0.2) is 0 Å². The largest absolute Gasteiger partial charge is 0.481 e. The minimum Gasteiger partial charge on any atom is -0.481 e. The first kappa shape index (κ1) is 13.2. The number of hydrogen-bond acceptors (Lipinski definition) is 4. The summed E-state index contributed by atoms with van der Waals surface area (Å²) in [5.74, 6) is -2.86. The SMILES string of the molecule is O=C(O)/C=C/C(=O)OCCCCC(=O)O. The molecule has 0 heterocycles. The van der Waals surface area contributed by atoms with Gasteiger partial charge in [-0.2, -0.15) is 0 Å². The van der Waals surface area contributed by atoms with E-state index in [-0.39, 0.29) is 13.0 Å². The Bertz CT molecular complexity index is 268. The average molecular weight is 216 g/mol. The summed E-state index contributed by atoms with van der Waals surface area (Å²) in [7, 11) is 0. The second-order valence-corrected chi connectivity index (χ2v) is 2.69. The van der Waals surface area contributed by atoms with Crippen LogP contribution in [0.1, 0.15) is 19.3 Å². The molecule has 0 atom stereocenters. The Morgan fingerprint density at radius 2 is 1.73 bits per heavy atom. The third-order valence-electron chi connectivity index (χ3n) is 1.39. The van der Waals surface area contributed by atoms with Crippen molar-refractivity contribution in [2.45, 2.75) is 19.3 Å². The van der Waals surface area contributed by atoms with Crippen molar-refractivity contribution < 1.29 is 29.3 Å². The first-order chi connectivity index (χ1) is 7.02. The topological polar surface area (TPSA) is 101 Å². The lowest BCUT2D eigenvalue weighted by atomic mass is 10.2. The number of carbonyl (C=O) groups excluding carboxylic acids is 1. The molecule has 6 heteroatoms. The van der Waals surface area contributed by atoms with E-state index in [1.165, 1.54) is 0 Å². The molecular weight excluding hydrogens is 204 g/mol. The third kappa shape index (κ3) is 10.1. The molecule has 2 N–H and O–H groups in total. The molecule has 0 saturated carbocycles. The zero-order valence-electron chi connectivity index (χ0n) is 8.01. The molecule has 0 rings (SSSR count). The Balaban J connectivity index is 3.47. The van der Waals surface area contributed by atoms with Gasteiger partial charge in [0, 0.05) is 18.6 Å². The number of unbranched alkanes of at least 4 members (excludes halogenated alkanes) is 1. The van der Waals surface area contributed by atoms with E-state index in [1.54, 1.807) is 0 Å². The van der Waals surface area contributed by atoms with E-state index in [0.717, 1.165) is 6.08 Å². The van der Waals surface area contributed by atoms with Crippen molar-refractivity contribution in [1.82, 2.24) is 0 Å². The standard InChI is InChI=1S/C9H12O6/c10-7(11)3-1-2-6-15-9(14)5-4-8(12)13/h4-5H,1-3,6H2,(H,10,11)(H,12,13)/b5-4+. The number of ether oxygens (including phenoxy) is 1. The van der Waals surface area contributed by atoms with E-state index in [0.29, 0.717) is 18.9 Å². The Hall–Kier alpha value is -1.85. The fourth-order valence-corrected chi connectivity index (χ4v) is 0.738. The van der Waals surface area contributed by atoms with Gasteiger partial charge in [0.1, 0.15) is 0 Å². The number of aliphatic carboxylic acids is 2. The number of carboxylic acids is 2. The van der Waals surface area contributed by atoms with Crippen LogP contribution in [0.25, 0.3) is 0 Å². The minimum atomic E-state index is -1.22. The molecule has 0 aromatic carbocycles. The van der Waals surface area contributed by atoms with Crippen LogP contribution in [0, 0.1) is 0 Å². The fraction of sp³-hybridized carbons (Fsp3) is 0.444. The van der Waals surface area contributed by atoms with Gasteiger partial charge in [-0.25, -0.2) is 9.59 Å². The number of carboxylic acid groups (broad SMARTS) is 2. The Labute approximate surface area is 86.2 Å². The Kier molecular flexibility index (Phi) is 6.61. The molecule has 84 valence electrons. The predicted molar refractivity (Wildman–Crippen MR) is 49.2 cm³/mol. The molecule has 0 saturated heterocycles. The third-order valence-corrected chi connectivity index (χ3v) is 1.39. The van der Waals surface area contributed by atoms with Gasteiger partial charge in [-0.05, 0) is 12.8 Å². The second kappa shape index (κ2) is 7.54. The van der Waals surface area contributed by atoms with Gasteiger partial charge >= 0.3 is 17.9 Å². The van der Waals surface area contributed by atoms with E-state index >= 15 is 0 Å². The average Bonchev–Trinajstić information content (AvgIpc) is 2.13. The molecule has 0 aromatic heterocycles. The lowest BCUT2D eigenvalue weighted by Crippen LogP contribution is -2.04. The smallest absolute Gasteiger partial charge is 0.331 e. The van der Waals surface area contributed by atoms with Crippen molar-refractivity contribution in [3.8, 4) is 0 Å². The van der Waals surface area contributed by atoms with Crippen molar-refractivity contribution in [3.05, 3.63) is 12.2 Å². The van der Waals surface area contributed by atoms with E-state index in [2.05, 4.69) is 4.74 Å². The number of carbonyl (C=O) groups is 3. The predicted octanol–water partition coefficient (Wildman–Crippen LogP) is 0.425. The molecule has 0 unspecified atom stereocenters. The molecule has 0 spiro atoms. The molecule has 0 aliphatic heterocycles. The summed E-state index contributed by atoms with van der Waals surface area (Å²) < 4.78 is 4.59. The molecular formula is C9H12O6. The zero-order chi connectivity index (χ0) is 11.7. The van der Waals surface area contributed by atoms with E-state index in [1.807, 2.05) is 0 Å². The summed E-state index contributed by atoms with van der Waals surface area (Å²) in [6, 6.07) is 0. The van der Waals surface area contributed by atoms with Gasteiger partial charge in [-0.3, -0.25) is 4.79 Å². The van der Waals surface area contributed by atoms with Crippen LogP contribution in [0.15, 0.2) is 12.2 Å². The maximum Gasteiger partial charge on any atom is 0.331 e. The van der Waals surface area contributed by atoms with Gasteiger partial charge in [-0.15, -0.1) is 0 Å².